The molecule has 0 amide bonds. The molecule has 1 rings (SSSR count). The second-order valence-corrected chi connectivity index (χ2v) is 4.91. The number of nitrogens with two attached hydrogens (primary N) is 1. The van der Waals surface area contributed by atoms with Gasteiger partial charge in [0.15, 0.2) is 0 Å². The van der Waals surface area contributed by atoms with Crippen molar-refractivity contribution in [2.75, 3.05) is 0 Å². The van der Waals surface area contributed by atoms with Crippen LogP contribution in [0.3, 0.4) is 0 Å². The summed E-state index contributed by atoms with van der Waals surface area (Å²) in [6.07, 6.45) is -0.526. The Labute approximate surface area is 97.4 Å². The monoisotopic (exact) mass is 251 g/mol. The zero-order valence-electron chi connectivity index (χ0n) is 9.03. The average Bonchev–Trinajstić information content (AvgIpc) is 2.05. The first kappa shape index (κ1) is 13.3. The first-order valence-electron chi connectivity index (χ1n) is 4.74. The average molecular weight is 252 g/mol. The van der Waals surface area contributed by atoms with Crippen LogP contribution in [-0.4, -0.2) is 5.54 Å². The summed E-state index contributed by atoms with van der Waals surface area (Å²) in [5, 5.41) is -0.313. The van der Waals surface area contributed by atoms with Crippen molar-refractivity contribution in [2.45, 2.75) is 31.7 Å². The fraction of sp³-hybridized carbons (Fsp3) is 0.455. The molecule has 0 saturated carbocycles. The minimum atomic E-state index is -3.12. The molecule has 16 heavy (non-hydrogen) atoms. The largest absolute Gasteiger partial charge is 0.325 e. The van der Waals surface area contributed by atoms with Crippen LogP contribution in [0.5, 0.6) is 0 Å². The molecule has 1 aromatic carbocycles. The molecule has 2 N–H and O–H groups in total. The third-order valence-corrected chi connectivity index (χ3v) is 2.31. The summed E-state index contributed by atoms with van der Waals surface area (Å²) in [6, 6.07) is 2.88. The van der Waals surface area contributed by atoms with Gasteiger partial charge in [0.1, 0.15) is 5.82 Å². The Bertz CT molecular complexity index is 385. The summed E-state index contributed by atoms with van der Waals surface area (Å²) in [6.45, 7) is 3.01. The molecule has 0 aromatic heterocycles. The van der Waals surface area contributed by atoms with E-state index in [4.69, 9.17) is 17.3 Å². The van der Waals surface area contributed by atoms with E-state index < -0.39 is 23.7 Å². The Morgan fingerprint density at radius 2 is 1.88 bits per heavy atom. The maximum atomic E-state index is 13.7. The van der Waals surface area contributed by atoms with Crippen LogP contribution >= 0.6 is 11.6 Å². The minimum Gasteiger partial charge on any atom is -0.325 e. The van der Waals surface area contributed by atoms with E-state index in [0.717, 1.165) is 18.2 Å². The molecule has 0 fully saturated rings. The van der Waals surface area contributed by atoms with Crippen LogP contribution in [0.1, 0.15) is 25.8 Å². The molecule has 0 saturated heterocycles. The van der Waals surface area contributed by atoms with Gasteiger partial charge in [-0.1, -0.05) is 17.7 Å². The summed E-state index contributed by atoms with van der Waals surface area (Å²) in [4.78, 5) is 0. The molecular formula is C11H13ClF3N. The number of alkyl halides is 2. The summed E-state index contributed by atoms with van der Waals surface area (Å²) in [7, 11) is 0. The Hall–Kier alpha value is -0.740. The predicted molar refractivity (Wildman–Crippen MR) is 58.2 cm³/mol. The number of rotatable bonds is 3. The van der Waals surface area contributed by atoms with Crippen LogP contribution in [0.4, 0.5) is 13.2 Å². The van der Waals surface area contributed by atoms with Gasteiger partial charge in [-0.2, -0.15) is 0 Å². The van der Waals surface area contributed by atoms with Gasteiger partial charge in [0.25, 0.3) is 5.92 Å². The first-order chi connectivity index (χ1) is 7.12. The molecule has 1 aromatic rings. The van der Waals surface area contributed by atoms with Gasteiger partial charge in [-0.05, 0) is 26.0 Å². The number of halogens is 4. The molecule has 0 bridgehead atoms. The standard InChI is InChI=1S/C11H13ClF3N/c1-10(2,16)6-11(14,15)7-3-4-9(13)8(12)5-7/h3-5H,6,16H2,1-2H3. The van der Waals surface area contributed by atoms with Crippen molar-refractivity contribution in [3.05, 3.63) is 34.6 Å². The van der Waals surface area contributed by atoms with Crippen molar-refractivity contribution < 1.29 is 13.2 Å². The fourth-order valence-corrected chi connectivity index (χ4v) is 1.58. The quantitative estimate of drug-likeness (QED) is 0.871. The lowest BCUT2D eigenvalue weighted by molar-refractivity contribution is -0.0296. The van der Waals surface area contributed by atoms with Crippen molar-refractivity contribution in [3.8, 4) is 0 Å². The Kier molecular flexibility index (Phi) is 3.55. The highest BCUT2D eigenvalue weighted by Crippen LogP contribution is 2.36. The van der Waals surface area contributed by atoms with E-state index >= 15 is 0 Å². The lowest BCUT2D eigenvalue weighted by atomic mass is 9.93. The summed E-state index contributed by atoms with van der Waals surface area (Å²) >= 11 is 5.45. The highest BCUT2D eigenvalue weighted by molar-refractivity contribution is 6.30. The maximum absolute atomic E-state index is 13.7. The molecule has 90 valence electrons. The first-order valence-corrected chi connectivity index (χ1v) is 5.12. The molecule has 0 aliphatic rings. The van der Waals surface area contributed by atoms with Gasteiger partial charge in [-0.15, -0.1) is 0 Å². The van der Waals surface area contributed by atoms with Gasteiger partial charge in [-0.3, -0.25) is 0 Å². The molecular weight excluding hydrogens is 239 g/mol. The van der Waals surface area contributed by atoms with Crippen molar-refractivity contribution in [2.24, 2.45) is 5.73 Å². The Morgan fingerprint density at radius 3 is 2.31 bits per heavy atom. The molecule has 0 atom stereocenters. The van der Waals surface area contributed by atoms with E-state index in [2.05, 4.69) is 0 Å². The lowest BCUT2D eigenvalue weighted by Gasteiger charge is -2.26. The van der Waals surface area contributed by atoms with Gasteiger partial charge in [-0.25, -0.2) is 13.2 Å². The number of benzene rings is 1. The van der Waals surface area contributed by atoms with E-state index in [9.17, 15) is 13.2 Å². The molecule has 0 unspecified atom stereocenters. The zero-order chi connectivity index (χ0) is 12.6. The lowest BCUT2D eigenvalue weighted by Crippen LogP contribution is -2.38. The van der Waals surface area contributed by atoms with Crippen molar-refractivity contribution in [3.63, 3.8) is 0 Å². The van der Waals surface area contributed by atoms with E-state index in [1.54, 1.807) is 0 Å². The van der Waals surface area contributed by atoms with E-state index in [1.165, 1.54) is 13.8 Å². The molecule has 0 aliphatic heterocycles. The highest BCUT2D eigenvalue weighted by Gasteiger charge is 2.37. The van der Waals surface area contributed by atoms with Gasteiger partial charge >= 0.3 is 0 Å². The topological polar surface area (TPSA) is 26.0 Å². The second-order valence-electron chi connectivity index (χ2n) is 4.50. The maximum Gasteiger partial charge on any atom is 0.275 e. The van der Waals surface area contributed by atoms with Gasteiger partial charge < -0.3 is 5.73 Å². The van der Waals surface area contributed by atoms with Crippen LogP contribution in [0, 0.1) is 5.82 Å². The van der Waals surface area contributed by atoms with Crippen LogP contribution in [0.2, 0.25) is 5.02 Å². The number of hydrogen-bond donors (Lipinski definition) is 1. The SMILES string of the molecule is CC(C)(N)CC(F)(F)c1ccc(F)c(Cl)c1. The number of hydrogen-bond acceptors (Lipinski definition) is 1. The Morgan fingerprint density at radius 1 is 1.31 bits per heavy atom. The van der Waals surface area contributed by atoms with E-state index in [0.29, 0.717) is 0 Å². The molecule has 1 nitrogen and oxygen atoms in total. The van der Waals surface area contributed by atoms with Crippen LogP contribution < -0.4 is 5.73 Å². The normalized spacial score (nSPS) is 12.9. The smallest absolute Gasteiger partial charge is 0.275 e. The van der Waals surface area contributed by atoms with Gasteiger partial charge in [0.2, 0.25) is 0 Å². The molecule has 0 spiro atoms. The molecule has 5 heteroatoms. The van der Waals surface area contributed by atoms with Crippen molar-refractivity contribution in [1.29, 1.82) is 0 Å². The molecule has 0 aliphatic carbocycles. The summed E-state index contributed by atoms with van der Waals surface area (Å²) in [5.74, 6) is -3.83. The van der Waals surface area contributed by atoms with E-state index in [-0.39, 0.29) is 10.6 Å². The summed E-state index contributed by atoms with van der Waals surface area (Å²) < 4.78 is 40.2. The van der Waals surface area contributed by atoms with E-state index in [1.807, 2.05) is 0 Å². The third kappa shape index (κ3) is 3.39. The van der Waals surface area contributed by atoms with Crippen molar-refractivity contribution in [1.82, 2.24) is 0 Å². The van der Waals surface area contributed by atoms with Crippen LogP contribution in [0.15, 0.2) is 18.2 Å². The third-order valence-electron chi connectivity index (χ3n) is 2.02. The van der Waals surface area contributed by atoms with Crippen LogP contribution in [-0.2, 0) is 5.92 Å². The fourth-order valence-electron chi connectivity index (χ4n) is 1.40. The highest BCUT2D eigenvalue weighted by atomic mass is 35.5. The molecule has 0 heterocycles. The van der Waals surface area contributed by atoms with Gasteiger partial charge in [0, 0.05) is 17.5 Å². The predicted octanol–water partition coefficient (Wildman–Crippen LogP) is 3.70. The minimum absolute atomic E-state index is 0.313. The summed E-state index contributed by atoms with van der Waals surface area (Å²) in [5.41, 5.74) is 4.21. The van der Waals surface area contributed by atoms with Crippen LogP contribution in [0.25, 0.3) is 0 Å². The van der Waals surface area contributed by atoms with Gasteiger partial charge in [0.05, 0.1) is 5.02 Å². The zero-order valence-corrected chi connectivity index (χ0v) is 9.78. The van der Waals surface area contributed by atoms with Crippen molar-refractivity contribution >= 4 is 11.6 Å². The Balaban J connectivity index is 3.02. The second kappa shape index (κ2) is 4.26. The molecule has 0 radical (unpaired) electrons.